The minimum Gasteiger partial charge on any atom is -0.481 e. The van der Waals surface area contributed by atoms with E-state index in [0.717, 1.165) is 32.1 Å². The highest BCUT2D eigenvalue weighted by Crippen LogP contribution is 2.21. The first-order chi connectivity index (χ1) is 9.70. The van der Waals surface area contributed by atoms with Crippen molar-refractivity contribution < 1.29 is 9.90 Å². The van der Waals surface area contributed by atoms with Gasteiger partial charge in [0.05, 0.1) is 0 Å². The molecule has 0 aromatic heterocycles. The van der Waals surface area contributed by atoms with Crippen molar-refractivity contribution in [2.75, 3.05) is 0 Å². The van der Waals surface area contributed by atoms with E-state index in [1.807, 2.05) is 12.2 Å². The molecule has 20 heavy (non-hydrogen) atoms. The van der Waals surface area contributed by atoms with Crippen molar-refractivity contribution in [2.24, 2.45) is 5.92 Å². The van der Waals surface area contributed by atoms with E-state index in [9.17, 15) is 4.79 Å². The van der Waals surface area contributed by atoms with Crippen molar-refractivity contribution in [3.63, 3.8) is 0 Å². The number of hydrogen-bond acceptors (Lipinski definition) is 1. The maximum Gasteiger partial charge on any atom is 0.303 e. The van der Waals surface area contributed by atoms with Gasteiger partial charge in [-0.25, -0.2) is 0 Å². The molecule has 0 heterocycles. The molecular formula is C18H32O2. The van der Waals surface area contributed by atoms with E-state index in [4.69, 9.17) is 5.11 Å². The molecule has 0 saturated heterocycles. The van der Waals surface area contributed by atoms with Crippen LogP contribution in [-0.4, -0.2) is 11.1 Å². The predicted octanol–water partition coefficient (Wildman–Crippen LogP) is 5.74. The molecule has 1 atom stereocenters. The number of aliphatic carboxylic acids is 1. The molecular weight excluding hydrogens is 248 g/mol. The molecule has 0 rings (SSSR count). The van der Waals surface area contributed by atoms with Crippen molar-refractivity contribution in [2.45, 2.75) is 77.6 Å². The summed E-state index contributed by atoms with van der Waals surface area (Å²) in [6, 6.07) is 0. The van der Waals surface area contributed by atoms with Gasteiger partial charge in [-0.3, -0.25) is 4.79 Å². The van der Waals surface area contributed by atoms with Gasteiger partial charge in [0.15, 0.2) is 0 Å². The Hall–Kier alpha value is -1.05. The van der Waals surface area contributed by atoms with E-state index in [-0.39, 0.29) is 0 Å². The Morgan fingerprint density at radius 2 is 1.75 bits per heavy atom. The van der Waals surface area contributed by atoms with Crippen LogP contribution < -0.4 is 0 Å². The third-order valence-corrected chi connectivity index (χ3v) is 3.68. The second-order valence-corrected chi connectivity index (χ2v) is 5.62. The average Bonchev–Trinajstić information content (AvgIpc) is 2.42. The zero-order valence-corrected chi connectivity index (χ0v) is 13.2. The number of carboxylic acids is 1. The van der Waals surface area contributed by atoms with Crippen molar-refractivity contribution in [3.05, 3.63) is 24.8 Å². The summed E-state index contributed by atoms with van der Waals surface area (Å²) in [4.78, 5) is 10.8. The first kappa shape index (κ1) is 18.9. The summed E-state index contributed by atoms with van der Waals surface area (Å²) < 4.78 is 0. The molecule has 0 bridgehead atoms. The quantitative estimate of drug-likeness (QED) is 0.325. The SMILES string of the molecule is C=C/C=C/CCCCCCCC(CCCC)CC(=O)O. The molecule has 1 N–H and O–H groups in total. The lowest BCUT2D eigenvalue weighted by molar-refractivity contribution is -0.138. The van der Waals surface area contributed by atoms with Gasteiger partial charge in [-0.2, -0.15) is 0 Å². The van der Waals surface area contributed by atoms with Crippen molar-refractivity contribution in [3.8, 4) is 0 Å². The van der Waals surface area contributed by atoms with Crippen LogP contribution in [0.5, 0.6) is 0 Å². The lowest BCUT2D eigenvalue weighted by Gasteiger charge is -2.14. The molecule has 0 aliphatic heterocycles. The first-order valence-electron chi connectivity index (χ1n) is 8.20. The molecule has 2 heteroatoms. The normalized spacial score (nSPS) is 12.7. The van der Waals surface area contributed by atoms with Crippen LogP contribution in [0.15, 0.2) is 24.8 Å². The maximum absolute atomic E-state index is 10.8. The summed E-state index contributed by atoms with van der Waals surface area (Å²) in [5.41, 5.74) is 0. The molecule has 1 unspecified atom stereocenters. The van der Waals surface area contributed by atoms with E-state index in [1.54, 1.807) is 0 Å². The molecule has 0 aliphatic rings. The molecule has 0 spiro atoms. The molecule has 116 valence electrons. The first-order valence-corrected chi connectivity index (χ1v) is 8.20. The van der Waals surface area contributed by atoms with Gasteiger partial charge in [-0.05, 0) is 31.6 Å². The van der Waals surface area contributed by atoms with Crippen LogP contribution in [0.2, 0.25) is 0 Å². The highest BCUT2D eigenvalue weighted by Gasteiger charge is 2.12. The largest absolute Gasteiger partial charge is 0.481 e. The molecule has 0 radical (unpaired) electrons. The minimum absolute atomic E-state index is 0.354. The van der Waals surface area contributed by atoms with Gasteiger partial charge in [0.25, 0.3) is 0 Å². The molecule has 2 nitrogen and oxygen atoms in total. The van der Waals surface area contributed by atoms with Crippen molar-refractivity contribution >= 4 is 5.97 Å². The fourth-order valence-corrected chi connectivity index (χ4v) is 2.51. The summed E-state index contributed by atoms with van der Waals surface area (Å²) in [5, 5.41) is 8.91. The summed E-state index contributed by atoms with van der Waals surface area (Å²) in [5.74, 6) is -0.247. The Labute approximate surface area is 125 Å². The Kier molecular flexibility index (Phi) is 13.6. The number of carboxylic acid groups (broad SMARTS) is 1. The van der Waals surface area contributed by atoms with Crippen LogP contribution in [0, 0.1) is 5.92 Å². The van der Waals surface area contributed by atoms with Gasteiger partial charge in [-0.15, -0.1) is 0 Å². The topological polar surface area (TPSA) is 37.3 Å². The van der Waals surface area contributed by atoms with E-state index in [2.05, 4.69) is 19.6 Å². The van der Waals surface area contributed by atoms with Gasteiger partial charge in [0.1, 0.15) is 0 Å². The molecule has 0 aromatic carbocycles. The molecule has 0 amide bonds. The van der Waals surface area contributed by atoms with Crippen LogP contribution in [0.25, 0.3) is 0 Å². The molecule has 0 aliphatic carbocycles. The lowest BCUT2D eigenvalue weighted by atomic mass is 9.92. The fourth-order valence-electron chi connectivity index (χ4n) is 2.51. The van der Waals surface area contributed by atoms with E-state index in [1.165, 1.54) is 32.1 Å². The summed E-state index contributed by atoms with van der Waals surface area (Å²) in [6.07, 6.45) is 18.2. The summed E-state index contributed by atoms with van der Waals surface area (Å²) >= 11 is 0. The lowest BCUT2D eigenvalue weighted by Crippen LogP contribution is -2.08. The maximum atomic E-state index is 10.8. The number of unbranched alkanes of at least 4 members (excludes halogenated alkanes) is 6. The van der Waals surface area contributed by atoms with Crippen molar-refractivity contribution in [1.29, 1.82) is 0 Å². The zero-order valence-electron chi connectivity index (χ0n) is 13.2. The second-order valence-electron chi connectivity index (χ2n) is 5.62. The summed E-state index contributed by atoms with van der Waals surface area (Å²) in [6.45, 7) is 5.81. The third-order valence-electron chi connectivity index (χ3n) is 3.68. The molecule has 0 fully saturated rings. The average molecular weight is 280 g/mol. The van der Waals surface area contributed by atoms with Crippen LogP contribution >= 0.6 is 0 Å². The summed E-state index contributed by atoms with van der Waals surface area (Å²) in [7, 11) is 0. The van der Waals surface area contributed by atoms with Gasteiger partial charge in [0, 0.05) is 6.42 Å². The number of rotatable bonds is 14. The number of hydrogen-bond donors (Lipinski definition) is 1. The van der Waals surface area contributed by atoms with Crippen LogP contribution in [0.4, 0.5) is 0 Å². The van der Waals surface area contributed by atoms with Gasteiger partial charge in [0.2, 0.25) is 0 Å². The third kappa shape index (κ3) is 13.4. The van der Waals surface area contributed by atoms with E-state index >= 15 is 0 Å². The standard InChI is InChI=1S/C18H32O2/c1-3-5-7-8-9-10-11-12-13-15-17(14-6-4-2)16-18(19)20/h3,5,7,17H,1,4,6,8-16H2,2H3,(H,19,20)/b7-5+. The Bertz CT molecular complexity index is 269. The fraction of sp³-hybridized carbons (Fsp3) is 0.722. The monoisotopic (exact) mass is 280 g/mol. The van der Waals surface area contributed by atoms with Crippen molar-refractivity contribution in [1.82, 2.24) is 0 Å². The zero-order chi connectivity index (χ0) is 15.1. The molecule has 0 aromatic rings. The van der Waals surface area contributed by atoms with E-state index in [0.29, 0.717) is 12.3 Å². The molecule has 0 saturated carbocycles. The number of carbonyl (C=O) groups is 1. The highest BCUT2D eigenvalue weighted by molar-refractivity contribution is 5.66. The number of allylic oxidation sites excluding steroid dienone is 3. The Morgan fingerprint density at radius 1 is 1.10 bits per heavy atom. The van der Waals surface area contributed by atoms with Gasteiger partial charge < -0.3 is 5.11 Å². The minimum atomic E-state index is -0.639. The Morgan fingerprint density at radius 3 is 2.40 bits per heavy atom. The predicted molar refractivity (Wildman–Crippen MR) is 86.9 cm³/mol. The van der Waals surface area contributed by atoms with Gasteiger partial charge >= 0.3 is 5.97 Å². The van der Waals surface area contributed by atoms with Crippen LogP contribution in [-0.2, 0) is 4.79 Å². The van der Waals surface area contributed by atoms with Crippen LogP contribution in [0.1, 0.15) is 77.6 Å². The van der Waals surface area contributed by atoms with E-state index < -0.39 is 5.97 Å². The second kappa shape index (κ2) is 14.4. The van der Waals surface area contributed by atoms with Gasteiger partial charge in [-0.1, -0.05) is 70.3 Å². The highest BCUT2D eigenvalue weighted by atomic mass is 16.4. The van der Waals surface area contributed by atoms with Crippen LogP contribution in [0.3, 0.4) is 0 Å². The Balaban J connectivity index is 3.54. The smallest absolute Gasteiger partial charge is 0.303 e.